The lowest BCUT2D eigenvalue weighted by Gasteiger charge is -2.12. The second-order valence-electron chi connectivity index (χ2n) is 10.2. The maximum absolute atomic E-state index is 12.9. The molecule has 8 heteroatoms. The number of amides is 1. The van der Waals surface area contributed by atoms with Gasteiger partial charge in [0.15, 0.2) is 5.78 Å². The van der Waals surface area contributed by atoms with Gasteiger partial charge in [-0.05, 0) is 78.9 Å². The van der Waals surface area contributed by atoms with Gasteiger partial charge in [0.1, 0.15) is 5.75 Å². The maximum atomic E-state index is 12.9. The molecule has 5 rings (SSSR count). The topological polar surface area (TPSA) is 60.3 Å². The number of rotatable bonds is 8. The van der Waals surface area contributed by atoms with Gasteiger partial charge in [0, 0.05) is 40.8 Å². The van der Waals surface area contributed by atoms with Gasteiger partial charge in [0.25, 0.3) is 5.91 Å². The van der Waals surface area contributed by atoms with Crippen LogP contribution in [0.5, 0.6) is 5.75 Å². The lowest BCUT2D eigenvalue weighted by molar-refractivity contribution is -0.274. The monoisotopic (exact) mass is 570 g/mol. The van der Waals surface area contributed by atoms with Crippen molar-refractivity contribution in [2.24, 2.45) is 0 Å². The number of hydrogen-bond acceptors (Lipinski definition) is 3. The van der Waals surface area contributed by atoms with Crippen LogP contribution in [0.4, 0.5) is 13.2 Å². The summed E-state index contributed by atoms with van der Waals surface area (Å²) in [5.41, 5.74) is 8.01. The van der Waals surface area contributed by atoms with Crippen molar-refractivity contribution in [1.82, 2.24) is 9.88 Å². The summed E-state index contributed by atoms with van der Waals surface area (Å²) in [5.74, 6) is -0.562. The van der Waals surface area contributed by atoms with Crippen molar-refractivity contribution < 1.29 is 27.5 Å². The molecule has 214 valence electrons. The minimum atomic E-state index is -4.75. The van der Waals surface area contributed by atoms with Gasteiger partial charge in [0.05, 0.1) is 0 Å². The predicted molar refractivity (Wildman–Crippen MR) is 157 cm³/mol. The first-order chi connectivity index (χ1) is 20.0. The number of carbonyl (C=O) groups is 2. The third kappa shape index (κ3) is 6.22. The Morgan fingerprint density at radius 2 is 1.52 bits per heavy atom. The van der Waals surface area contributed by atoms with E-state index in [4.69, 9.17) is 0 Å². The van der Waals surface area contributed by atoms with Gasteiger partial charge in [0.2, 0.25) is 0 Å². The molecule has 0 spiro atoms. The van der Waals surface area contributed by atoms with Crippen LogP contribution < -0.4 is 10.1 Å². The third-order valence-electron chi connectivity index (χ3n) is 7.42. The van der Waals surface area contributed by atoms with Crippen LogP contribution in [-0.2, 0) is 13.1 Å². The Morgan fingerprint density at radius 3 is 2.19 bits per heavy atom. The first kappa shape index (κ1) is 28.7. The summed E-state index contributed by atoms with van der Waals surface area (Å²) in [6, 6.07) is 26.7. The molecule has 1 heterocycles. The molecule has 1 amide bonds. The number of ketones is 1. The van der Waals surface area contributed by atoms with Crippen LogP contribution in [0.3, 0.4) is 0 Å². The van der Waals surface area contributed by atoms with Gasteiger partial charge >= 0.3 is 6.36 Å². The molecule has 5 nitrogen and oxygen atoms in total. The zero-order chi connectivity index (χ0) is 30.0. The summed E-state index contributed by atoms with van der Waals surface area (Å²) in [6.45, 7) is 6.46. The Morgan fingerprint density at radius 1 is 0.857 bits per heavy atom. The van der Waals surface area contributed by atoms with Gasteiger partial charge in [-0.2, -0.15) is 0 Å². The molecule has 5 aromatic rings. The Labute approximate surface area is 241 Å². The average molecular weight is 571 g/mol. The van der Waals surface area contributed by atoms with E-state index in [9.17, 15) is 22.8 Å². The molecule has 0 saturated carbocycles. The third-order valence-corrected chi connectivity index (χ3v) is 7.42. The predicted octanol–water partition coefficient (Wildman–Crippen LogP) is 8.00. The van der Waals surface area contributed by atoms with Crippen molar-refractivity contribution in [3.05, 3.63) is 125 Å². The number of carbonyl (C=O) groups excluding carboxylic acids is 2. The Hall–Kier alpha value is -4.85. The number of hydrogen-bond donors (Lipinski definition) is 1. The van der Waals surface area contributed by atoms with Crippen LogP contribution in [0.1, 0.15) is 50.0 Å². The molecule has 0 fully saturated rings. The Balaban J connectivity index is 1.31. The molecule has 0 aliphatic heterocycles. The van der Waals surface area contributed by atoms with E-state index in [-0.39, 0.29) is 24.0 Å². The van der Waals surface area contributed by atoms with Gasteiger partial charge in [-0.3, -0.25) is 9.59 Å². The largest absolute Gasteiger partial charge is 0.573 e. The minimum Gasteiger partial charge on any atom is -0.406 e. The second kappa shape index (κ2) is 11.6. The standard InChI is InChI=1S/C34H29F3N2O3/c1-21-22(2)39(20-25-8-12-26(13-9-25)30-7-5-4-6-29(30)23(3)40)32-17-14-27(18-31(21)32)33(41)38-19-24-10-15-28(16-11-24)42-34(35,36)37/h4-18H,19-20H2,1-3H3,(H,38,41). The second-order valence-corrected chi connectivity index (χ2v) is 10.2. The molecule has 0 radical (unpaired) electrons. The highest BCUT2D eigenvalue weighted by atomic mass is 19.4. The molecule has 0 saturated heterocycles. The van der Waals surface area contributed by atoms with Crippen molar-refractivity contribution in [3.63, 3.8) is 0 Å². The molecule has 0 unspecified atom stereocenters. The maximum Gasteiger partial charge on any atom is 0.573 e. The summed E-state index contributed by atoms with van der Waals surface area (Å²) >= 11 is 0. The molecule has 0 aliphatic rings. The van der Waals surface area contributed by atoms with Crippen molar-refractivity contribution in [2.75, 3.05) is 0 Å². The number of alkyl halides is 3. The average Bonchev–Trinajstić information content (AvgIpc) is 3.20. The van der Waals surface area contributed by atoms with E-state index >= 15 is 0 Å². The van der Waals surface area contributed by atoms with Gasteiger partial charge in [-0.15, -0.1) is 13.2 Å². The quantitative estimate of drug-likeness (QED) is 0.192. The normalized spacial score (nSPS) is 11.5. The fraction of sp³-hybridized carbons (Fsp3) is 0.176. The van der Waals surface area contributed by atoms with Crippen molar-refractivity contribution in [1.29, 1.82) is 0 Å². The molecule has 0 atom stereocenters. The zero-order valence-corrected chi connectivity index (χ0v) is 23.4. The van der Waals surface area contributed by atoms with E-state index in [0.29, 0.717) is 23.2 Å². The SMILES string of the molecule is CC(=O)c1ccccc1-c1ccc(Cn2c(C)c(C)c3cc(C(=O)NCc4ccc(OC(F)(F)F)cc4)ccc32)cc1. The highest BCUT2D eigenvalue weighted by molar-refractivity contribution is 6.01. The molecular formula is C34H29F3N2O3. The first-order valence-electron chi connectivity index (χ1n) is 13.4. The smallest absolute Gasteiger partial charge is 0.406 e. The van der Waals surface area contributed by atoms with E-state index in [1.54, 1.807) is 13.0 Å². The molecule has 1 aromatic heterocycles. The number of Topliss-reactive ketones (excluding diaryl/α,β-unsaturated/α-hetero) is 1. The van der Waals surface area contributed by atoms with Gasteiger partial charge in [-0.1, -0.05) is 60.7 Å². The van der Waals surface area contributed by atoms with E-state index in [2.05, 4.69) is 33.7 Å². The van der Waals surface area contributed by atoms with Crippen LogP contribution in [0.15, 0.2) is 91.0 Å². The summed E-state index contributed by atoms with van der Waals surface area (Å²) in [4.78, 5) is 25.0. The first-order valence-corrected chi connectivity index (χ1v) is 13.4. The van der Waals surface area contributed by atoms with Crippen LogP contribution >= 0.6 is 0 Å². The fourth-order valence-electron chi connectivity index (χ4n) is 5.10. The molecule has 0 bridgehead atoms. The highest BCUT2D eigenvalue weighted by Crippen LogP contribution is 2.29. The number of aryl methyl sites for hydroxylation is 1. The highest BCUT2D eigenvalue weighted by Gasteiger charge is 2.31. The van der Waals surface area contributed by atoms with Gasteiger partial charge < -0.3 is 14.6 Å². The van der Waals surface area contributed by atoms with E-state index in [1.165, 1.54) is 24.3 Å². The molecule has 1 N–H and O–H groups in total. The van der Waals surface area contributed by atoms with Gasteiger partial charge in [-0.25, -0.2) is 0 Å². The van der Waals surface area contributed by atoms with Crippen molar-refractivity contribution in [2.45, 2.75) is 40.2 Å². The van der Waals surface area contributed by atoms with Crippen molar-refractivity contribution >= 4 is 22.6 Å². The lowest BCUT2D eigenvalue weighted by Crippen LogP contribution is -2.22. The van der Waals surface area contributed by atoms with Crippen LogP contribution in [0.25, 0.3) is 22.0 Å². The van der Waals surface area contributed by atoms with Crippen LogP contribution in [-0.4, -0.2) is 22.6 Å². The molecule has 42 heavy (non-hydrogen) atoms. The summed E-state index contributed by atoms with van der Waals surface area (Å²) in [5, 5.41) is 3.80. The molecule has 0 aliphatic carbocycles. The zero-order valence-electron chi connectivity index (χ0n) is 23.4. The van der Waals surface area contributed by atoms with E-state index in [0.717, 1.165) is 38.9 Å². The van der Waals surface area contributed by atoms with Crippen molar-refractivity contribution in [3.8, 4) is 16.9 Å². The summed E-state index contributed by atoms with van der Waals surface area (Å²) in [7, 11) is 0. The number of fused-ring (bicyclic) bond motifs is 1. The van der Waals surface area contributed by atoms with E-state index < -0.39 is 6.36 Å². The van der Waals surface area contributed by atoms with E-state index in [1.807, 2.05) is 55.5 Å². The summed E-state index contributed by atoms with van der Waals surface area (Å²) in [6.07, 6.45) is -4.75. The lowest BCUT2D eigenvalue weighted by atomic mass is 9.97. The Bertz CT molecular complexity index is 1770. The number of nitrogens with one attached hydrogen (secondary N) is 1. The molecule has 4 aromatic carbocycles. The number of nitrogens with zero attached hydrogens (tertiary/aromatic N) is 1. The summed E-state index contributed by atoms with van der Waals surface area (Å²) < 4.78 is 43.2. The minimum absolute atomic E-state index is 0.0289. The van der Waals surface area contributed by atoms with Crippen LogP contribution in [0.2, 0.25) is 0 Å². The fourth-order valence-corrected chi connectivity index (χ4v) is 5.10. The number of ether oxygens (including phenoxy) is 1. The Kier molecular flexibility index (Phi) is 7.89. The number of benzene rings is 4. The molecular weight excluding hydrogens is 541 g/mol. The van der Waals surface area contributed by atoms with Crippen LogP contribution in [0, 0.1) is 13.8 Å². The number of halogens is 3. The number of aromatic nitrogens is 1.